The Labute approximate surface area is 156 Å². The maximum absolute atomic E-state index is 14.8. The molecule has 2 aliphatic carbocycles. The Morgan fingerprint density at radius 3 is 2.65 bits per heavy atom. The quantitative estimate of drug-likeness (QED) is 0.357. The first kappa shape index (κ1) is 19.4. The number of halogens is 2. The fourth-order valence-corrected chi connectivity index (χ4v) is 5.21. The lowest BCUT2D eigenvalue weighted by atomic mass is 9.84. The Morgan fingerprint density at radius 1 is 1.08 bits per heavy atom. The van der Waals surface area contributed by atoms with Gasteiger partial charge in [0, 0.05) is 0 Å². The van der Waals surface area contributed by atoms with Crippen LogP contribution in [0.25, 0.3) is 0 Å². The number of allylic oxidation sites excluding steroid dienone is 2. The third kappa shape index (κ3) is 3.97. The average molecular weight is 363 g/mol. The standard InChI is InChI=1S/C23H32F2O/c1-3-5-7-8-16-9-10-18-17(16)11-12-19(18)20-13-14-21(23(25)22(20)24)26-15-6-4-2/h3,5,13-14,16-19H,4,6-12,15H2,1-2H3/b5-3+. The van der Waals surface area contributed by atoms with E-state index in [4.69, 9.17) is 4.74 Å². The molecular formula is C23H32F2O. The molecule has 1 aromatic carbocycles. The molecule has 0 N–H and O–H groups in total. The van der Waals surface area contributed by atoms with E-state index in [1.54, 1.807) is 12.1 Å². The highest BCUT2D eigenvalue weighted by atomic mass is 19.2. The molecule has 3 rings (SSSR count). The number of unbranched alkanes of at least 4 members (excludes halogenated alkanes) is 1. The monoisotopic (exact) mass is 362 g/mol. The summed E-state index contributed by atoms with van der Waals surface area (Å²) in [6, 6.07) is 3.41. The molecule has 0 aromatic heterocycles. The minimum Gasteiger partial charge on any atom is -0.490 e. The van der Waals surface area contributed by atoms with Gasteiger partial charge in [0.25, 0.3) is 0 Å². The smallest absolute Gasteiger partial charge is 0.200 e. The van der Waals surface area contributed by atoms with E-state index in [0.29, 0.717) is 24.0 Å². The molecule has 0 saturated heterocycles. The molecule has 144 valence electrons. The van der Waals surface area contributed by atoms with E-state index < -0.39 is 11.6 Å². The van der Waals surface area contributed by atoms with Gasteiger partial charge in [-0.3, -0.25) is 0 Å². The summed E-state index contributed by atoms with van der Waals surface area (Å²) in [7, 11) is 0. The summed E-state index contributed by atoms with van der Waals surface area (Å²) in [4.78, 5) is 0. The zero-order chi connectivity index (χ0) is 18.5. The number of ether oxygens (including phenoxy) is 1. The molecule has 0 bridgehead atoms. The van der Waals surface area contributed by atoms with Crippen LogP contribution in [0.4, 0.5) is 8.78 Å². The van der Waals surface area contributed by atoms with Gasteiger partial charge in [0.2, 0.25) is 5.82 Å². The lowest BCUT2D eigenvalue weighted by molar-refractivity contribution is 0.286. The molecular weight excluding hydrogens is 330 g/mol. The number of hydrogen-bond donors (Lipinski definition) is 0. The van der Waals surface area contributed by atoms with Crippen molar-refractivity contribution in [2.45, 2.75) is 71.1 Å². The number of benzene rings is 1. The molecule has 3 heteroatoms. The zero-order valence-corrected chi connectivity index (χ0v) is 16.1. The molecule has 2 aliphatic rings. The van der Waals surface area contributed by atoms with Crippen LogP contribution in [0.1, 0.15) is 76.7 Å². The van der Waals surface area contributed by atoms with Crippen molar-refractivity contribution in [3.8, 4) is 5.75 Å². The topological polar surface area (TPSA) is 9.23 Å². The summed E-state index contributed by atoms with van der Waals surface area (Å²) in [5, 5.41) is 0. The van der Waals surface area contributed by atoms with Crippen LogP contribution in [0.2, 0.25) is 0 Å². The van der Waals surface area contributed by atoms with Gasteiger partial charge in [-0.25, -0.2) is 4.39 Å². The van der Waals surface area contributed by atoms with Gasteiger partial charge in [-0.05, 0) is 87.2 Å². The maximum atomic E-state index is 14.8. The third-order valence-electron chi connectivity index (χ3n) is 6.53. The van der Waals surface area contributed by atoms with E-state index in [0.717, 1.165) is 44.4 Å². The van der Waals surface area contributed by atoms with Gasteiger partial charge >= 0.3 is 0 Å². The molecule has 4 unspecified atom stereocenters. The summed E-state index contributed by atoms with van der Waals surface area (Å²) < 4.78 is 34.6. The Morgan fingerprint density at radius 2 is 1.88 bits per heavy atom. The number of rotatable bonds is 8. The van der Waals surface area contributed by atoms with E-state index in [2.05, 4.69) is 19.1 Å². The summed E-state index contributed by atoms with van der Waals surface area (Å²) in [6.45, 7) is 4.55. The lowest BCUT2D eigenvalue weighted by Gasteiger charge is -2.22. The second-order valence-corrected chi connectivity index (χ2v) is 7.98. The van der Waals surface area contributed by atoms with Crippen molar-refractivity contribution >= 4 is 0 Å². The van der Waals surface area contributed by atoms with E-state index >= 15 is 0 Å². The van der Waals surface area contributed by atoms with Gasteiger partial charge in [0.15, 0.2) is 11.6 Å². The molecule has 0 aliphatic heterocycles. The van der Waals surface area contributed by atoms with E-state index in [1.165, 1.54) is 12.8 Å². The van der Waals surface area contributed by atoms with Crippen LogP contribution in [0.3, 0.4) is 0 Å². The third-order valence-corrected chi connectivity index (χ3v) is 6.53. The maximum Gasteiger partial charge on any atom is 0.200 e. The molecule has 1 aromatic rings. The summed E-state index contributed by atoms with van der Waals surface area (Å²) in [5.41, 5.74) is 0.576. The first-order valence-electron chi connectivity index (χ1n) is 10.4. The minimum atomic E-state index is -0.801. The summed E-state index contributed by atoms with van der Waals surface area (Å²) in [6.07, 6.45) is 13.1. The summed E-state index contributed by atoms with van der Waals surface area (Å²) in [5.74, 6) is 0.716. The molecule has 26 heavy (non-hydrogen) atoms. The van der Waals surface area contributed by atoms with Crippen molar-refractivity contribution in [2.24, 2.45) is 17.8 Å². The van der Waals surface area contributed by atoms with Crippen LogP contribution < -0.4 is 4.74 Å². The molecule has 2 fully saturated rings. The molecule has 0 spiro atoms. The Hall–Kier alpha value is -1.38. The zero-order valence-electron chi connectivity index (χ0n) is 16.1. The Balaban J connectivity index is 1.69. The molecule has 0 amide bonds. The van der Waals surface area contributed by atoms with Crippen LogP contribution in [0.5, 0.6) is 5.75 Å². The Kier molecular flexibility index (Phi) is 6.72. The number of hydrogen-bond acceptors (Lipinski definition) is 1. The SMILES string of the molecule is C/C=C/CCC1CCC2C(c3ccc(OCCCC)c(F)c3F)CCC12. The summed E-state index contributed by atoms with van der Waals surface area (Å²) >= 11 is 0. The first-order chi connectivity index (χ1) is 12.7. The van der Waals surface area contributed by atoms with Gasteiger partial charge in [0.05, 0.1) is 6.61 Å². The lowest BCUT2D eigenvalue weighted by Crippen LogP contribution is -2.14. The van der Waals surface area contributed by atoms with Gasteiger partial charge < -0.3 is 4.74 Å². The normalized spacial score (nSPS) is 28.0. The van der Waals surface area contributed by atoms with E-state index in [9.17, 15) is 8.78 Å². The van der Waals surface area contributed by atoms with Gasteiger partial charge in [-0.2, -0.15) is 4.39 Å². The van der Waals surface area contributed by atoms with Crippen LogP contribution >= 0.6 is 0 Å². The average Bonchev–Trinajstić information content (AvgIpc) is 3.22. The van der Waals surface area contributed by atoms with Gasteiger partial charge in [-0.1, -0.05) is 31.6 Å². The van der Waals surface area contributed by atoms with Gasteiger partial charge in [-0.15, -0.1) is 0 Å². The second kappa shape index (κ2) is 9.01. The number of fused-ring (bicyclic) bond motifs is 1. The second-order valence-electron chi connectivity index (χ2n) is 7.98. The van der Waals surface area contributed by atoms with Crippen molar-refractivity contribution in [1.82, 2.24) is 0 Å². The molecule has 0 radical (unpaired) electrons. The van der Waals surface area contributed by atoms with E-state index in [-0.39, 0.29) is 11.7 Å². The molecule has 0 heterocycles. The van der Waals surface area contributed by atoms with Crippen LogP contribution in [-0.2, 0) is 0 Å². The van der Waals surface area contributed by atoms with Crippen LogP contribution in [0, 0.1) is 29.4 Å². The highest BCUT2D eigenvalue weighted by Crippen LogP contribution is 2.56. The van der Waals surface area contributed by atoms with Crippen LogP contribution in [0.15, 0.2) is 24.3 Å². The van der Waals surface area contributed by atoms with E-state index in [1.807, 2.05) is 6.92 Å². The first-order valence-corrected chi connectivity index (χ1v) is 10.4. The molecule has 1 nitrogen and oxygen atoms in total. The molecule has 4 atom stereocenters. The van der Waals surface area contributed by atoms with Crippen LogP contribution in [-0.4, -0.2) is 6.61 Å². The van der Waals surface area contributed by atoms with Crippen molar-refractivity contribution in [1.29, 1.82) is 0 Å². The highest BCUT2D eigenvalue weighted by molar-refractivity contribution is 5.34. The fraction of sp³-hybridized carbons (Fsp3) is 0.652. The highest BCUT2D eigenvalue weighted by Gasteiger charge is 2.45. The predicted molar refractivity (Wildman–Crippen MR) is 102 cm³/mol. The van der Waals surface area contributed by atoms with Crippen molar-refractivity contribution in [3.05, 3.63) is 41.5 Å². The van der Waals surface area contributed by atoms with Crippen molar-refractivity contribution < 1.29 is 13.5 Å². The fourth-order valence-electron chi connectivity index (χ4n) is 5.21. The largest absolute Gasteiger partial charge is 0.490 e. The Bertz CT molecular complexity index is 625. The predicted octanol–water partition coefficient (Wildman–Crippen LogP) is 7.02. The van der Waals surface area contributed by atoms with Crippen molar-refractivity contribution in [3.63, 3.8) is 0 Å². The molecule has 2 saturated carbocycles. The van der Waals surface area contributed by atoms with Gasteiger partial charge in [0.1, 0.15) is 0 Å². The minimum absolute atomic E-state index is 0.0601. The van der Waals surface area contributed by atoms with Crippen molar-refractivity contribution in [2.75, 3.05) is 6.61 Å².